The third-order valence-corrected chi connectivity index (χ3v) is 5.04. The van der Waals surface area contributed by atoms with Gasteiger partial charge in [-0.1, -0.05) is 29.5 Å². The number of hydrogen-bond acceptors (Lipinski definition) is 5. The van der Waals surface area contributed by atoms with E-state index >= 15 is 0 Å². The van der Waals surface area contributed by atoms with Gasteiger partial charge in [0.2, 0.25) is 0 Å². The number of anilines is 1. The Kier molecular flexibility index (Phi) is 3.85. The molecule has 2 heterocycles. The largest absolute Gasteiger partial charge is 0.507 e. The van der Waals surface area contributed by atoms with Gasteiger partial charge < -0.3 is 10.0 Å². The molecule has 0 atom stereocenters. The zero-order valence-electron chi connectivity index (χ0n) is 13.1. The molecular weight excluding hydrogens is 341 g/mol. The third kappa shape index (κ3) is 2.94. The number of phenolic OH excluding ortho intramolecular Hbond substituents is 1. The average molecular weight is 355 g/mol. The molecule has 7 heteroatoms. The molecule has 0 spiro atoms. The highest BCUT2D eigenvalue weighted by Gasteiger charge is 2.16. The Balaban J connectivity index is 1.73. The summed E-state index contributed by atoms with van der Waals surface area (Å²) in [4.78, 5) is 19.7. The Morgan fingerprint density at radius 2 is 1.92 bits per heavy atom. The zero-order valence-corrected chi connectivity index (χ0v) is 13.9. The Morgan fingerprint density at radius 1 is 1.16 bits per heavy atom. The Bertz CT molecular complexity index is 1100. The molecule has 0 aliphatic carbocycles. The van der Waals surface area contributed by atoms with Gasteiger partial charge >= 0.3 is 0 Å². The van der Waals surface area contributed by atoms with Crippen molar-refractivity contribution < 1.29 is 9.50 Å². The standard InChI is InChI=1S/C18H14FN3O2S/c19-13-5-7-14(8-6-13)21-10-20-18-22(11-21)17(24)16(25-18)9-12-3-1-2-4-15(12)23/h1-9,23H,10-11H2/b16-9-. The number of benzene rings is 2. The average Bonchev–Trinajstić information content (AvgIpc) is 2.93. The number of phenols is 1. The van der Waals surface area contributed by atoms with Crippen molar-refractivity contribution in [2.45, 2.75) is 6.67 Å². The van der Waals surface area contributed by atoms with E-state index in [9.17, 15) is 14.3 Å². The molecule has 1 aliphatic rings. The normalized spacial score (nSPS) is 14.3. The van der Waals surface area contributed by atoms with E-state index in [1.165, 1.54) is 23.5 Å². The van der Waals surface area contributed by atoms with Crippen LogP contribution in [0.5, 0.6) is 5.75 Å². The minimum atomic E-state index is -0.300. The van der Waals surface area contributed by atoms with Crippen LogP contribution in [-0.2, 0) is 6.67 Å². The van der Waals surface area contributed by atoms with E-state index in [0.717, 1.165) is 5.69 Å². The maximum absolute atomic E-state index is 13.1. The highest BCUT2D eigenvalue weighted by molar-refractivity contribution is 7.07. The van der Waals surface area contributed by atoms with Crippen molar-refractivity contribution in [1.82, 2.24) is 4.57 Å². The second-order valence-electron chi connectivity index (χ2n) is 5.64. The van der Waals surface area contributed by atoms with Crippen molar-refractivity contribution in [2.75, 3.05) is 11.6 Å². The molecular formula is C18H14FN3O2S. The smallest absolute Gasteiger partial charge is 0.271 e. The minimum Gasteiger partial charge on any atom is -0.507 e. The molecule has 0 saturated heterocycles. The minimum absolute atomic E-state index is 0.128. The topological polar surface area (TPSA) is 57.8 Å². The van der Waals surface area contributed by atoms with E-state index < -0.39 is 0 Å². The molecule has 2 aromatic carbocycles. The van der Waals surface area contributed by atoms with Gasteiger partial charge in [0.25, 0.3) is 5.56 Å². The summed E-state index contributed by atoms with van der Waals surface area (Å²) in [7, 11) is 0. The summed E-state index contributed by atoms with van der Waals surface area (Å²) in [6.07, 6.45) is 1.67. The SMILES string of the molecule is O=c1/c(=C/c2ccccc2O)sc2n1CN(c1ccc(F)cc1)CN=2. The fraction of sp³-hybridized carbons (Fsp3) is 0.111. The molecule has 1 N–H and O–H groups in total. The van der Waals surface area contributed by atoms with Crippen molar-refractivity contribution in [3.05, 3.63) is 79.6 Å². The first-order valence-electron chi connectivity index (χ1n) is 7.66. The van der Waals surface area contributed by atoms with Gasteiger partial charge in [0.1, 0.15) is 24.9 Å². The molecule has 1 aromatic heterocycles. The highest BCUT2D eigenvalue weighted by Crippen LogP contribution is 2.17. The van der Waals surface area contributed by atoms with Crippen molar-refractivity contribution in [1.29, 1.82) is 0 Å². The molecule has 0 radical (unpaired) electrons. The molecule has 126 valence electrons. The molecule has 0 amide bonds. The summed E-state index contributed by atoms with van der Waals surface area (Å²) >= 11 is 1.30. The van der Waals surface area contributed by atoms with Crippen LogP contribution in [0.2, 0.25) is 0 Å². The highest BCUT2D eigenvalue weighted by atomic mass is 32.1. The summed E-state index contributed by atoms with van der Waals surface area (Å²) in [5.74, 6) is -0.172. The lowest BCUT2D eigenvalue weighted by Crippen LogP contribution is -2.42. The van der Waals surface area contributed by atoms with Gasteiger partial charge in [0.05, 0.1) is 4.53 Å². The van der Waals surface area contributed by atoms with Gasteiger partial charge in [-0.15, -0.1) is 0 Å². The van der Waals surface area contributed by atoms with Crippen LogP contribution in [0.1, 0.15) is 5.56 Å². The monoisotopic (exact) mass is 355 g/mol. The molecule has 5 nitrogen and oxygen atoms in total. The van der Waals surface area contributed by atoms with Crippen molar-refractivity contribution in [3.63, 3.8) is 0 Å². The predicted molar refractivity (Wildman–Crippen MR) is 94.8 cm³/mol. The van der Waals surface area contributed by atoms with E-state index in [1.54, 1.807) is 47.0 Å². The van der Waals surface area contributed by atoms with Crippen molar-refractivity contribution in [2.24, 2.45) is 4.99 Å². The molecule has 0 fully saturated rings. The quantitative estimate of drug-likeness (QED) is 0.760. The van der Waals surface area contributed by atoms with Crippen LogP contribution in [0.15, 0.2) is 58.3 Å². The number of aromatic nitrogens is 1. The van der Waals surface area contributed by atoms with Crippen LogP contribution < -0.4 is 19.8 Å². The number of halogens is 1. The summed E-state index contributed by atoms with van der Waals surface area (Å²) in [5.41, 5.74) is 1.24. The fourth-order valence-electron chi connectivity index (χ4n) is 2.68. The number of aromatic hydroxyl groups is 1. The third-order valence-electron chi connectivity index (χ3n) is 3.99. The summed E-state index contributed by atoms with van der Waals surface area (Å²) in [6.45, 7) is 0.760. The lowest BCUT2D eigenvalue weighted by atomic mass is 10.2. The van der Waals surface area contributed by atoms with Gasteiger partial charge in [-0.05, 0) is 36.4 Å². The number of para-hydroxylation sites is 1. The zero-order chi connectivity index (χ0) is 17.4. The maximum Gasteiger partial charge on any atom is 0.271 e. The van der Waals surface area contributed by atoms with Gasteiger partial charge in [-0.3, -0.25) is 9.36 Å². The molecule has 4 rings (SSSR count). The predicted octanol–water partition coefficient (Wildman–Crippen LogP) is 1.64. The van der Waals surface area contributed by atoms with Crippen LogP contribution >= 0.6 is 11.3 Å². The Morgan fingerprint density at radius 3 is 2.68 bits per heavy atom. The first-order valence-corrected chi connectivity index (χ1v) is 8.48. The van der Waals surface area contributed by atoms with E-state index in [4.69, 9.17) is 0 Å². The van der Waals surface area contributed by atoms with Gasteiger partial charge in [-0.2, -0.15) is 0 Å². The van der Waals surface area contributed by atoms with E-state index in [-0.39, 0.29) is 17.1 Å². The van der Waals surface area contributed by atoms with E-state index in [1.807, 2.05) is 4.90 Å². The Labute approximate surface area is 146 Å². The summed E-state index contributed by atoms with van der Waals surface area (Å²) in [6, 6.07) is 13.0. The van der Waals surface area contributed by atoms with Crippen molar-refractivity contribution in [3.8, 4) is 5.75 Å². The second-order valence-corrected chi connectivity index (χ2v) is 6.65. The molecule has 0 bridgehead atoms. The number of nitrogens with zero attached hydrogens (tertiary/aromatic N) is 3. The van der Waals surface area contributed by atoms with Crippen LogP contribution in [0.4, 0.5) is 10.1 Å². The lowest BCUT2D eigenvalue weighted by Gasteiger charge is -2.25. The van der Waals surface area contributed by atoms with Crippen LogP contribution in [0, 0.1) is 5.82 Å². The summed E-state index contributed by atoms with van der Waals surface area (Å²) < 4.78 is 15.2. The number of hydrogen-bond donors (Lipinski definition) is 1. The maximum atomic E-state index is 13.1. The first kappa shape index (κ1) is 15.6. The van der Waals surface area contributed by atoms with Gasteiger partial charge in [-0.25, -0.2) is 9.38 Å². The molecule has 0 saturated carbocycles. The van der Waals surface area contributed by atoms with E-state index in [2.05, 4.69) is 4.99 Å². The lowest BCUT2D eigenvalue weighted by molar-refractivity contribution is 0.474. The number of rotatable bonds is 2. The molecule has 3 aromatic rings. The first-order chi connectivity index (χ1) is 12.1. The molecule has 25 heavy (non-hydrogen) atoms. The van der Waals surface area contributed by atoms with Crippen LogP contribution in [0.25, 0.3) is 6.08 Å². The number of fused-ring (bicyclic) bond motifs is 1. The van der Waals surface area contributed by atoms with Crippen LogP contribution in [0.3, 0.4) is 0 Å². The van der Waals surface area contributed by atoms with Crippen LogP contribution in [-0.4, -0.2) is 16.3 Å². The molecule has 0 unspecified atom stereocenters. The summed E-state index contributed by atoms with van der Waals surface area (Å²) in [5, 5.41) is 9.88. The number of thiazole rings is 1. The second kappa shape index (κ2) is 6.18. The van der Waals surface area contributed by atoms with Gasteiger partial charge in [0.15, 0.2) is 4.80 Å². The fourth-order valence-corrected chi connectivity index (χ4v) is 3.63. The molecule has 1 aliphatic heterocycles. The van der Waals surface area contributed by atoms with Crippen molar-refractivity contribution >= 4 is 23.1 Å². The van der Waals surface area contributed by atoms with Gasteiger partial charge in [0, 0.05) is 11.3 Å². The Hall–Kier alpha value is -2.93. The van der Waals surface area contributed by atoms with E-state index in [0.29, 0.717) is 28.2 Å².